The highest BCUT2D eigenvalue weighted by atomic mass is 16.2. The lowest BCUT2D eigenvalue weighted by Crippen LogP contribution is -2.19. The highest BCUT2D eigenvalue weighted by Gasteiger charge is 2.23. The maximum absolute atomic E-state index is 12.2. The summed E-state index contributed by atoms with van der Waals surface area (Å²) in [6.07, 6.45) is 3.66. The normalized spacial score (nSPS) is 10.7. The van der Waals surface area contributed by atoms with Crippen molar-refractivity contribution in [1.82, 2.24) is 9.13 Å². The van der Waals surface area contributed by atoms with E-state index in [-0.39, 0.29) is 0 Å². The van der Waals surface area contributed by atoms with E-state index >= 15 is 0 Å². The fraction of sp³-hybridized carbons (Fsp3) is 0.286. The van der Waals surface area contributed by atoms with Crippen LogP contribution in [-0.2, 0) is 14.1 Å². The van der Waals surface area contributed by atoms with Crippen molar-refractivity contribution in [2.24, 2.45) is 14.1 Å². The standard InChI is InChI=1S/C14H16N2O2/c1-9-5-11(15(3)7-9)13(17)14(18)12-6-10(2)8-16(12)4/h5-8H,1-4H3. The fourth-order valence-electron chi connectivity index (χ4n) is 2.14. The Balaban J connectivity index is 2.38. The minimum atomic E-state index is -0.466. The van der Waals surface area contributed by atoms with Crippen LogP contribution in [0.2, 0.25) is 0 Å². The molecule has 0 unspecified atom stereocenters. The van der Waals surface area contributed by atoms with Crippen LogP contribution in [0.3, 0.4) is 0 Å². The van der Waals surface area contributed by atoms with Crippen molar-refractivity contribution in [3.63, 3.8) is 0 Å². The van der Waals surface area contributed by atoms with Gasteiger partial charge in [-0.2, -0.15) is 0 Å². The van der Waals surface area contributed by atoms with Crippen LogP contribution in [0.5, 0.6) is 0 Å². The molecule has 0 saturated heterocycles. The number of aromatic nitrogens is 2. The number of ketones is 2. The second kappa shape index (κ2) is 4.29. The monoisotopic (exact) mass is 244 g/mol. The molecule has 0 aliphatic rings. The molecule has 0 aliphatic heterocycles. The quantitative estimate of drug-likeness (QED) is 0.612. The number of hydrogen-bond acceptors (Lipinski definition) is 2. The summed E-state index contributed by atoms with van der Waals surface area (Å²) >= 11 is 0. The van der Waals surface area contributed by atoms with Crippen LogP contribution >= 0.6 is 0 Å². The molecule has 4 heteroatoms. The molecule has 0 aromatic carbocycles. The van der Waals surface area contributed by atoms with E-state index in [2.05, 4.69) is 0 Å². The van der Waals surface area contributed by atoms with Gasteiger partial charge >= 0.3 is 0 Å². The third kappa shape index (κ3) is 2.01. The van der Waals surface area contributed by atoms with Crippen molar-refractivity contribution < 1.29 is 9.59 Å². The summed E-state index contributed by atoms with van der Waals surface area (Å²) in [5, 5.41) is 0. The minimum Gasteiger partial charge on any atom is -0.348 e. The van der Waals surface area contributed by atoms with E-state index < -0.39 is 11.6 Å². The first-order valence-electron chi connectivity index (χ1n) is 5.75. The number of hydrogen-bond donors (Lipinski definition) is 0. The Morgan fingerprint density at radius 1 is 0.833 bits per heavy atom. The van der Waals surface area contributed by atoms with Gasteiger partial charge in [-0.05, 0) is 37.1 Å². The van der Waals surface area contributed by atoms with E-state index in [1.807, 2.05) is 26.2 Å². The van der Waals surface area contributed by atoms with Crippen LogP contribution in [-0.4, -0.2) is 20.7 Å². The minimum absolute atomic E-state index is 0.427. The molecule has 94 valence electrons. The molecule has 2 heterocycles. The van der Waals surface area contributed by atoms with Crippen LogP contribution in [0.1, 0.15) is 32.1 Å². The zero-order valence-electron chi connectivity index (χ0n) is 11.0. The molecule has 0 spiro atoms. The van der Waals surface area contributed by atoms with Crippen molar-refractivity contribution in [2.75, 3.05) is 0 Å². The summed E-state index contributed by atoms with van der Waals surface area (Å²) in [5.41, 5.74) is 2.79. The molecule has 0 radical (unpaired) electrons. The van der Waals surface area contributed by atoms with Gasteiger partial charge in [0.1, 0.15) is 0 Å². The first-order valence-corrected chi connectivity index (χ1v) is 5.75. The average Bonchev–Trinajstić information content (AvgIpc) is 2.79. The third-order valence-electron chi connectivity index (χ3n) is 2.95. The van der Waals surface area contributed by atoms with Crippen molar-refractivity contribution >= 4 is 11.6 Å². The predicted molar refractivity (Wildman–Crippen MR) is 69.0 cm³/mol. The van der Waals surface area contributed by atoms with Gasteiger partial charge in [0.05, 0.1) is 11.4 Å². The van der Waals surface area contributed by atoms with Crippen molar-refractivity contribution in [2.45, 2.75) is 13.8 Å². The van der Waals surface area contributed by atoms with Crippen molar-refractivity contribution in [1.29, 1.82) is 0 Å². The maximum atomic E-state index is 12.2. The highest BCUT2D eigenvalue weighted by Crippen LogP contribution is 2.12. The lowest BCUT2D eigenvalue weighted by molar-refractivity contribution is 0.0807. The lowest BCUT2D eigenvalue weighted by Gasteiger charge is -2.03. The Kier molecular flexibility index (Phi) is 2.95. The number of carbonyl (C=O) groups is 2. The van der Waals surface area contributed by atoms with Crippen LogP contribution in [0.15, 0.2) is 24.5 Å². The lowest BCUT2D eigenvalue weighted by atomic mass is 10.1. The number of Topliss-reactive ketones (excluding diaryl/α,β-unsaturated/α-hetero) is 2. The molecule has 0 aliphatic carbocycles. The van der Waals surface area contributed by atoms with Gasteiger partial charge in [0.2, 0.25) is 0 Å². The number of aryl methyl sites for hydroxylation is 4. The largest absolute Gasteiger partial charge is 0.348 e. The van der Waals surface area contributed by atoms with Gasteiger partial charge in [0.25, 0.3) is 11.6 Å². The molecule has 0 bridgehead atoms. The summed E-state index contributed by atoms with van der Waals surface area (Å²) in [6.45, 7) is 3.79. The van der Waals surface area contributed by atoms with E-state index in [1.54, 1.807) is 35.4 Å². The van der Waals surface area contributed by atoms with E-state index in [4.69, 9.17) is 0 Å². The molecule has 0 N–H and O–H groups in total. The molecule has 0 amide bonds. The van der Waals surface area contributed by atoms with E-state index in [9.17, 15) is 9.59 Å². The molecule has 18 heavy (non-hydrogen) atoms. The van der Waals surface area contributed by atoms with E-state index in [1.165, 1.54) is 0 Å². The van der Waals surface area contributed by atoms with Crippen molar-refractivity contribution in [3.05, 3.63) is 47.0 Å². The molecule has 2 rings (SSSR count). The van der Waals surface area contributed by atoms with Gasteiger partial charge in [-0.3, -0.25) is 9.59 Å². The molecule has 0 atom stereocenters. The van der Waals surface area contributed by atoms with Gasteiger partial charge in [-0.15, -0.1) is 0 Å². The van der Waals surface area contributed by atoms with Gasteiger partial charge in [0, 0.05) is 26.5 Å². The second-order valence-electron chi connectivity index (χ2n) is 4.69. The summed E-state index contributed by atoms with van der Waals surface area (Å²) < 4.78 is 3.37. The molecule has 0 saturated carbocycles. The predicted octanol–water partition coefficient (Wildman–Crippen LogP) is 2.05. The van der Waals surface area contributed by atoms with Gasteiger partial charge in [-0.1, -0.05) is 0 Å². The molecule has 2 aromatic rings. The fourth-order valence-corrected chi connectivity index (χ4v) is 2.14. The molecular weight excluding hydrogens is 228 g/mol. The molecule has 2 aromatic heterocycles. The Morgan fingerprint density at radius 2 is 1.17 bits per heavy atom. The zero-order chi connectivity index (χ0) is 13.4. The summed E-state index contributed by atoms with van der Waals surface area (Å²) in [5.74, 6) is -0.932. The Bertz CT molecular complexity index is 576. The van der Waals surface area contributed by atoms with Crippen LogP contribution in [0.25, 0.3) is 0 Å². The van der Waals surface area contributed by atoms with E-state index in [0.29, 0.717) is 11.4 Å². The topological polar surface area (TPSA) is 44.0 Å². The Hall–Kier alpha value is -2.10. The van der Waals surface area contributed by atoms with Crippen LogP contribution in [0, 0.1) is 13.8 Å². The number of rotatable bonds is 3. The summed E-state index contributed by atoms with van der Waals surface area (Å²) in [7, 11) is 3.54. The van der Waals surface area contributed by atoms with Gasteiger partial charge < -0.3 is 9.13 Å². The summed E-state index contributed by atoms with van der Waals surface area (Å²) in [6, 6.07) is 3.46. The van der Waals surface area contributed by atoms with Crippen molar-refractivity contribution in [3.8, 4) is 0 Å². The second-order valence-corrected chi connectivity index (χ2v) is 4.69. The molecule has 4 nitrogen and oxygen atoms in total. The van der Waals surface area contributed by atoms with Crippen LogP contribution in [0.4, 0.5) is 0 Å². The smallest absolute Gasteiger partial charge is 0.251 e. The Labute approximate surface area is 106 Å². The van der Waals surface area contributed by atoms with Gasteiger partial charge in [-0.25, -0.2) is 0 Å². The average molecular weight is 244 g/mol. The maximum Gasteiger partial charge on any atom is 0.251 e. The number of carbonyl (C=O) groups excluding carboxylic acids is 2. The molecular formula is C14H16N2O2. The van der Waals surface area contributed by atoms with Gasteiger partial charge in [0.15, 0.2) is 0 Å². The SMILES string of the molecule is Cc1cc(C(=O)C(=O)c2cc(C)cn2C)n(C)c1. The number of nitrogens with zero attached hydrogens (tertiary/aromatic N) is 2. The Morgan fingerprint density at radius 3 is 1.39 bits per heavy atom. The molecule has 0 fully saturated rings. The summed E-state index contributed by atoms with van der Waals surface area (Å²) in [4.78, 5) is 24.3. The third-order valence-corrected chi connectivity index (χ3v) is 2.95. The first-order chi connectivity index (χ1) is 8.40. The highest BCUT2D eigenvalue weighted by molar-refractivity contribution is 6.48. The first kappa shape index (κ1) is 12.4. The zero-order valence-corrected chi connectivity index (χ0v) is 11.0. The van der Waals surface area contributed by atoms with Crippen LogP contribution < -0.4 is 0 Å². The van der Waals surface area contributed by atoms with E-state index in [0.717, 1.165) is 11.1 Å².